The van der Waals surface area contributed by atoms with Crippen LogP contribution in [-0.2, 0) is 9.84 Å². The van der Waals surface area contributed by atoms with E-state index in [0.717, 1.165) is 5.56 Å². The van der Waals surface area contributed by atoms with Gasteiger partial charge in [-0.2, -0.15) is 0 Å². The van der Waals surface area contributed by atoms with E-state index in [1.807, 2.05) is 13.0 Å². The van der Waals surface area contributed by atoms with E-state index in [1.54, 1.807) is 54.6 Å². The van der Waals surface area contributed by atoms with E-state index in [0.29, 0.717) is 11.3 Å². The molecular formula is C20H18N2O4S. The highest BCUT2D eigenvalue weighted by Gasteiger charge is 2.30. The summed E-state index contributed by atoms with van der Waals surface area (Å²) < 4.78 is 26.6. The van der Waals surface area contributed by atoms with Gasteiger partial charge in [0, 0.05) is 17.8 Å². The smallest absolute Gasteiger partial charge is 0.269 e. The number of non-ortho nitro benzene ring substituents is 1. The topological polar surface area (TPSA) is 89.3 Å². The van der Waals surface area contributed by atoms with E-state index in [9.17, 15) is 18.5 Å². The van der Waals surface area contributed by atoms with Crippen molar-refractivity contribution in [1.82, 2.24) is 0 Å². The number of hydrogen-bond acceptors (Lipinski definition) is 5. The summed E-state index contributed by atoms with van der Waals surface area (Å²) in [4.78, 5) is 10.7. The van der Waals surface area contributed by atoms with Crippen LogP contribution in [-0.4, -0.2) is 13.3 Å². The lowest BCUT2D eigenvalue weighted by Gasteiger charge is -2.21. The zero-order valence-corrected chi connectivity index (χ0v) is 15.4. The first-order valence-electron chi connectivity index (χ1n) is 8.24. The van der Waals surface area contributed by atoms with Crippen LogP contribution < -0.4 is 5.32 Å². The molecule has 0 aliphatic carbocycles. The van der Waals surface area contributed by atoms with Gasteiger partial charge in [0.05, 0.1) is 9.82 Å². The maximum atomic E-state index is 13.3. The number of rotatable bonds is 6. The summed E-state index contributed by atoms with van der Waals surface area (Å²) in [5, 5.41) is 13.0. The zero-order valence-electron chi connectivity index (χ0n) is 14.6. The number of aryl methyl sites for hydroxylation is 1. The molecule has 0 spiro atoms. The van der Waals surface area contributed by atoms with Crippen molar-refractivity contribution in [2.45, 2.75) is 17.2 Å². The summed E-state index contributed by atoms with van der Waals surface area (Å²) >= 11 is 0. The fraction of sp³-hybridized carbons (Fsp3) is 0.100. The van der Waals surface area contributed by atoms with Crippen molar-refractivity contribution < 1.29 is 13.3 Å². The molecule has 0 radical (unpaired) electrons. The Bertz CT molecular complexity index is 1050. The van der Waals surface area contributed by atoms with Crippen LogP contribution >= 0.6 is 0 Å². The Morgan fingerprint density at radius 3 is 2.22 bits per heavy atom. The number of hydrogen-bond donors (Lipinski definition) is 1. The van der Waals surface area contributed by atoms with Crippen molar-refractivity contribution in [2.24, 2.45) is 0 Å². The largest absolute Gasteiger partial charge is 0.365 e. The summed E-state index contributed by atoms with van der Waals surface area (Å²) in [5.41, 5.74) is 1.68. The molecule has 0 aromatic heterocycles. The molecule has 27 heavy (non-hydrogen) atoms. The van der Waals surface area contributed by atoms with E-state index in [2.05, 4.69) is 5.32 Å². The molecule has 3 aromatic carbocycles. The van der Waals surface area contributed by atoms with Gasteiger partial charge in [-0.05, 0) is 36.8 Å². The van der Waals surface area contributed by atoms with Gasteiger partial charge < -0.3 is 5.32 Å². The molecule has 3 rings (SSSR count). The maximum absolute atomic E-state index is 13.3. The molecule has 0 heterocycles. The predicted molar refractivity (Wildman–Crippen MR) is 104 cm³/mol. The van der Waals surface area contributed by atoms with Gasteiger partial charge in [0.15, 0.2) is 5.37 Å². The Morgan fingerprint density at radius 2 is 1.59 bits per heavy atom. The monoisotopic (exact) mass is 382 g/mol. The molecule has 0 aliphatic rings. The molecule has 0 aliphatic heterocycles. The van der Waals surface area contributed by atoms with Crippen molar-refractivity contribution in [1.29, 1.82) is 0 Å². The minimum absolute atomic E-state index is 0.146. The third-order valence-corrected chi connectivity index (χ3v) is 6.05. The maximum Gasteiger partial charge on any atom is 0.269 e. The third kappa shape index (κ3) is 4.15. The van der Waals surface area contributed by atoms with Gasteiger partial charge in [-0.1, -0.05) is 48.0 Å². The van der Waals surface area contributed by atoms with Crippen LogP contribution in [0.3, 0.4) is 0 Å². The summed E-state index contributed by atoms with van der Waals surface area (Å²) in [6.45, 7) is 1.87. The van der Waals surface area contributed by atoms with Crippen molar-refractivity contribution in [3.05, 3.63) is 100 Å². The van der Waals surface area contributed by atoms with E-state index in [-0.39, 0.29) is 10.6 Å². The van der Waals surface area contributed by atoms with E-state index >= 15 is 0 Å². The summed E-state index contributed by atoms with van der Waals surface area (Å²) in [7, 11) is -3.85. The molecule has 6 nitrogen and oxygen atoms in total. The molecule has 0 saturated carbocycles. The number of nitrogens with zero attached hydrogens (tertiary/aromatic N) is 1. The molecule has 7 heteroatoms. The van der Waals surface area contributed by atoms with Crippen LogP contribution in [0.15, 0.2) is 83.8 Å². The number of sulfone groups is 1. The Hall–Kier alpha value is -3.19. The Morgan fingerprint density at radius 1 is 0.926 bits per heavy atom. The van der Waals surface area contributed by atoms with Crippen molar-refractivity contribution in [3.8, 4) is 0 Å². The Labute approximate surface area is 157 Å². The highest BCUT2D eigenvalue weighted by molar-refractivity contribution is 7.91. The first-order chi connectivity index (χ1) is 12.9. The fourth-order valence-corrected chi connectivity index (χ4v) is 4.28. The van der Waals surface area contributed by atoms with Crippen molar-refractivity contribution in [3.63, 3.8) is 0 Å². The van der Waals surface area contributed by atoms with E-state index in [4.69, 9.17) is 0 Å². The molecule has 0 amide bonds. The minimum Gasteiger partial charge on any atom is -0.365 e. The lowest BCUT2D eigenvalue weighted by molar-refractivity contribution is -0.384. The van der Waals surface area contributed by atoms with Gasteiger partial charge >= 0.3 is 0 Å². The highest BCUT2D eigenvalue weighted by atomic mass is 32.2. The number of nitro groups is 1. The van der Waals surface area contributed by atoms with Crippen LogP contribution in [0, 0.1) is 17.0 Å². The van der Waals surface area contributed by atoms with Gasteiger partial charge in [-0.3, -0.25) is 10.1 Å². The molecule has 1 atom stereocenters. The normalized spacial score (nSPS) is 12.3. The number of benzene rings is 3. The predicted octanol–water partition coefficient (Wildman–Crippen LogP) is 4.49. The van der Waals surface area contributed by atoms with Crippen LogP contribution in [0.2, 0.25) is 0 Å². The molecule has 138 valence electrons. The molecule has 0 bridgehead atoms. The Balaban J connectivity index is 2.11. The lowest BCUT2D eigenvalue weighted by Crippen LogP contribution is -2.22. The summed E-state index contributed by atoms with van der Waals surface area (Å²) in [6.07, 6.45) is 0. The van der Waals surface area contributed by atoms with Crippen molar-refractivity contribution in [2.75, 3.05) is 5.32 Å². The van der Waals surface area contributed by atoms with Crippen molar-refractivity contribution >= 4 is 21.2 Å². The average molecular weight is 382 g/mol. The third-order valence-electron chi connectivity index (χ3n) is 4.12. The van der Waals surface area contributed by atoms with Crippen LogP contribution in [0.4, 0.5) is 11.4 Å². The van der Waals surface area contributed by atoms with Crippen LogP contribution in [0.5, 0.6) is 0 Å². The number of para-hydroxylation sites is 1. The molecule has 1 unspecified atom stereocenters. The fourth-order valence-electron chi connectivity index (χ4n) is 2.69. The quantitative estimate of drug-likeness (QED) is 0.501. The minimum atomic E-state index is -3.85. The highest BCUT2D eigenvalue weighted by Crippen LogP contribution is 2.32. The van der Waals surface area contributed by atoms with Crippen LogP contribution in [0.1, 0.15) is 16.5 Å². The van der Waals surface area contributed by atoms with Gasteiger partial charge in [0.1, 0.15) is 0 Å². The first-order valence-corrected chi connectivity index (χ1v) is 9.79. The summed E-state index contributed by atoms with van der Waals surface area (Å²) in [6, 6.07) is 21.1. The van der Waals surface area contributed by atoms with E-state index in [1.165, 1.54) is 18.2 Å². The second-order valence-corrected chi connectivity index (χ2v) is 8.13. The zero-order chi connectivity index (χ0) is 19.4. The average Bonchev–Trinajstić information content (AvgIpc) is 2.67. The lowest BCUT2D eigenvalue weighted by atomic mass is 10.2. The van der Waals surface area contributed by atoms with Gasteiger partial charge in [-0.25, -0.2) is 8.42 Å². The molecule has 0 fully saturated rings. The van der Waals surface area contributed by atoms with Crippen LogP contribution in [0.25, 0.3) is 0 Å². The number of anilines is 1. The Kier molecular flexibility index (Phi) is 5.23. The van der Waals surface area contributed by atoms with E-state index < -0.39 is 20.1 Å². The van der Waals surface area contributed by atoms with Gasteiger partial charge in [0.25, 0.3) is 5.69 Å². The van der Waals surface area contributed by atoms with Gasteiger partial charge in [-0.15, -0.1) is 0 Å². The molecule has 3 aromatic rings. The summed E-state index contributed by atoms with van der Waals surface area (Å²) in [5.74, 6) is 0. The molecule has 1 N–H and O–H groups in total. The second-order valence-electron chi connectivity index (χ2n) is 6.10. The second kappa shape index (κ2) is 7.59. The molecule has 0 saturated heterocycles. The first kappa shape index (κ1) is 18.6. The number of nitrogens with one attached hydrogen (secondary N) is 1. The van der Waals surface area contributed by atoms with Gasteiger partial charge in [0.2, 0.25) is 9.84 Å². The molecular weight excluding hydrogens is 364 g/mol. The number of nitro benzene ring substituents is 1. The SMILES string of the molecule is Cc1ccc(S(=O)(=O)C(Nc2ccccc2)c2cccc([N+](=O)[O-])c2)cc1. The standard InChI is InChI=1S/C20H18N2O4S/c1-15-10-12-19(13-11-15)27(25,26)20(21-17-7-3-2-4-8-17)16-6-5-9-18(14-16)22(23)24/h2-14,20-21H,1H3.